The van der Waals surface area contributed by atoms with E-state index in [9.17, 15) is 4.79 Å². The topological polar surface area (TPSA) is 65.2 Å². The first-order chi connectivity index (χ1) is 11.7. The van der Waals surface area contributed by atoms with Gasteiger partial charge in [-0.2, -0.15) is 0 Å². The third-order valence-corrected chi connectivity index (χ3v) is 3.67. The summed E-state index contributed by atoms with van der Waals surface area (Å²) in [6.45, 7) is 1.99. The van der Waals surface area contributed by atoms with E-state index in [2.05, 4.69) is 10.2 Å². The smallest absolute Gasteiger partial charge is 0.254 e. The van der Waals surface area contributed by atoms with Crippen LogP contribution >= 0.6 is 11.6 Å². The Balaban J connectivity index is 1.63. The van der Waals surface area contributed by atoms with Gasteiger partial charge in [0.2, 0.25) is 5.89 Å². The molecule has 1 heterocycles. The molecule has 0 aliphatic heterocycles. The van der Waals surface area contributed by atoms with Crippen molar-refractivity contribution in [3.05, 3.63) is 65.0 Å². The number of carbonyl (C=O) groups excluding carboxylic acids is 1. The van der Waals surface area contributed by atoms with E-state index < -0.39 is 0 Å². The van der Waals surface area contributed by atoms with Crippen LogP contribution in [0, 0.1) is 0 Å². The predicted octanol–water partition coefficient (Wildman–Crippen LogP) is 4.56. The minimum absolute atomic E-state index is 0.103. The highest BCUT2D eigenvalue weighted by Gasteiger charge is 2.09. The average molecular weight is 343 g/mol. The van der Waals surface area contributed by atoms with Crippen LogP contribution in [-0.2, 0) is 6.61 Å². The van der Waals surface area contributed by atoms with E-state index in [-0.39, 0.29) is 12.4 Å². The van der Waals surface area contributed by atoms with Crippen LogP contribution in [0.2, 0.25) is 5.02 Å². The van der Waals surface area contributed by atoms with E-state index in [1.165, 1.54) is 0 Å². The van der Waals surface area contributed by atoms with Gasteiger partial charge in [0, 0.05) is 22.6 Å². The van der Waals surface area contributed by atoms with Crippen molar-refractivity contribution >= 4 is 17.4 Å². The first-order valence-corrected chi connectivity index (χ1v) is 7.88. The lowest BCUT2D eigenvalue weighted by Crippen LogP contribution is -1.98. The molecule has 0 atom stereocenters. The quantitative estimate of drug-likeness (QED) is 0.614. The lowest BCUT2D eigenvalue weighted by Gasteiger charge is -2.04. The summed E-state index contributed by atoms with van der Waals surface area (Å²) in [7, 11) is 0. The Labute approximate surface area is 144 Å². The van der Waals surface area contributed by atoms with Crippen molar-refractivity contribution in [2.24, 2.45) is 0 Å². The molecule has 0 unspecified atom stereocenters. The van der Waals surface area contributed by atoms with Crippen molar-refractivity contribution < 1.29 is 13.9 Å². The number of Topliss-reactive ketones (excluding diaryl/α,β-unsaturated/α-hetero) is 1. The van der Waals surface area contributed by atoms with Crippen molar-refractivity contribution in [2.75, 3.05) is 0 Å². The zero-order valence-corrected chi connectivity index (χ0v) is 13.8. The van der Waals surface area contributed by atoms with Gasteiger partial charge in [0.25, 0.3) is 5.89 Å². The number of aromatic nitrogens is 2. The molecule has 0 saturated heterocycles. The molecule has 1 aromatic heterocycles. The monoisotopic (exact) mass is 342 g/mol. The normalized spacial score (nSPS) is 10.6. The van der Waals surface area contributed by atoms with Gasteiger partial charge in [-0.15, -0.1) is 10.2 Å². The molecule has 6 heteroatoms. The Morgan fingerprint density at radius 3 is 2.46 bits per heavy atom. The summed E-state index contributed by atoms with van der Waals surface area (Å²) in [6, 6.07) is 14.1. The van der Waals surface area contributed by atoms with E-state index in [1.54, 1.807) is 36.4 Å². The Morgan fingerprint density at radius 1 is 1.08 bits per heavy atom. The molecule has 0 bridgehead atoms. The van der Waals surface area contributed by atoms with Crippen molar-refractivity contribution in [3.8, 4) is 17.2 Å². The fourth-order valence-electron chi connectivity index (χ4n) is 2.11. The second kappa shape index (κ2) is 7.27. The standard InChI is InChI=1S/C18H15ClN2O3/c1-2-16(22)12-5-9-15(10-6-12)23-11-17-20-21-18(24-17)13-3-7-14(19)8-4-13/h3-10H,2,11H2,1H3. The van der Waals surface area contributed by atoms with Crippen molar-refractivity contribution in [2.45, 2.75) is 20.0 Å². The molecule has 5 nitrogen and oxygen atoms in total. The lowest BCUT2D eigenvalue weighted by molar-refractivity contribution is 0.0988. The van der Waals surface area contributed by atoms with Crippen LogP contribution in [0.1, 0.15) is 29.6 Å². The van der Waals surface area contributed by atoms with E-state index in [0.717, 1.165) is 5.56 Å². The van der Waals surface area contributed by atoms with Crippen LogP contribution in [-0.4, -0.2) is 16.0 Å². The number of nitrogens with zero attached hydrogens (tertiary/aromatic N) is 2. The average Bonchev–Trinajstić information content (AvgIpc) is 3.09. The molecular formula is C18H15ClN2O3. The molecule has 0 radical (unpaired) electrons. The number of ketones is 1. The molecule has 0 saturated carbocycles. The molecule has 0 aliphatic rings. The molecule has 0 amide bonds. The van der Waals surface area contributed by atoms with E-state index >= 15 is 0 Å². The Hall–Kier alpha value is -2.66. The van der Waals surface area contributed by atoms with Crippen LogP contribution in [0.25, 0.3) is 11.5 Å². The Kier molecular flexibility index (Phi) is 4.91. The van der Waals surface area contributed by atoms with Crippen LogP contribution in [0.3, 0.4) is 0 Å². The minimum atomic E-state index is 0.103. The van der Waals surface area contributed by atoms with E-state index in [1.807, 2.05) is 19.1 Å². The van der Waals surface area contributed by atoms with Gasteiger partial charge < -0.3 is 9.15 Å². The Bertz CT molecular complexity index is 826. The highest BCUT2D eigenvalue weighted by Crippen LogP contribution is 2.21. The predicted molar refractivity (Wildman–Crippen MR) is 90.1 cm³/mol. The minimum Gasteiger partial charge on any atom is -0.484 e. The first-order valence-electron chi connectivity index (χ1n) is 7.50. The second-order valence-electron chi connectivity index (χ2n) is 5.10. The third kappa shape index (κ3) is 3.81. The van der Waals surface area contributed by atoms with Gasteiger partial charge in [0.15, 0.2) is 12.4 Å². The maximum absolute atomic E-state index is 11.6. The molecule has 3 rings (SSSR count). The van der Waals surface area contributed by atoms with Crippen LogP contribution in [0.15, 0.2) is 52.9 Å². The molecule has 0 spiro atoms. The number of hydrogen-bond donors (Lipinski definition) is 0. The summed E-state index contributed by atoms with van der Waals surface area (Å²) in [5.74, 6) is 1.52. The van der Waals surface area contributed by atoms with E-state index in [4.69, 9.17) is 20.8 Å². The lowest BCUT2D eigenvalue weighted by atomic mass is 10.1. The summed E-state index contributed by atoms with van der Waals surface area (Å²) < 4.78 is 11.2. The molecule has 24 heavy (non-hydrogen) atoms. The maximum Gasteiger partial charge on any atom is 0.254 e. The van der Waals surface area contributed by atoms with Crippen molar-refractivity contribution in [1.29, 1.82) is 0 Å². The number of carbonyl (C=O) groups is 1. The molecule has 0 fully saturated rings. The molecule has 122 valence electrons. The SMILES string of the molecule is CCC(=O)c1ccc(OCc2nnc(-c3ccc(Cl)cc3)o2)cc1. The largest absolute Gasteiger partial charge is 0.484 e. The van der Waals surface area contributed by atoms with Crippen LogP contribution in [0.4, 0.5) is 0 Å². The fraction of sp³-hybridized carbons (Fsp3) is 0.167. The van der Waals surface area contributed by atoms with E-state index in [0.29, 0.717) is 34.5 Å². The number of hydrogen-bond acceptors (Lipinski definition) is 5. The van der Waals surface area contributed by atoms with Gasteiger partial charge in [0.1, 0.15) is 5.75 Å². The summed E-state index contributed by atoms with van der Waals surface area (Å²) in [6.07, 6.45) is 0.482. The second-order valence-corrected chi connectivity index (χ2v) is 5.53. The molecule has 0 aliphatic carbocycles. The molecule has 3 aromatic rings. The Morgan fingerprint density at radius 2 is 1.79 bits per heavy atom. The summed E-state index contributed by atoms with van der Waals surface area (Å²) in [5.41, 5.74) is 1.47. The first kappa shape index (κ1) is 16.2. The molecule has 0 N–H and O–H groups in total. The summed E-state index contributed by atoms with van der Waals surface area (Å²) in [5, 5.41) is 8.60. The van der Waals surface area contributed by atoms with Crippen molar-refractivity contribution in [3.63, 3.8) is 0 Å². The highest BCUT2D eigenvalue weighted by molar-refractivity contribution is 6.30. The number of benzene rings is 2. The number of rotatable bonds is 6. The van der Waals surface area contributed by atoms with Gasteiger partial charge in [0.05, 0.1) is 0 Å². The van der Waals surface area contributed by atoms with Gasteiger partial charge in [-0.25, -0.2) is 0 Å². The van der Waals surface area contributed by atoms with Gasteiger partial charge in [-0.1, -0.05) is 18.5 Å². The summed E-state index contributed by atoms with van der Waals surface area (Å²) in [4.78, 5) is 11.6. The van der Waals surface area contributed by atoms with Crippen LogP contribution < -0.4 is 4.74 Å². The van der Waals surface area contributed by atoms with Gasteiger partial charge in [-0.05, 0) is 48.5 Å². The molecular weight excluding hydrogens is 328 g/mol. The zero-order valence-electron chi connectivity index (χ0n) is 13.0. The van der Waals surface area contributed by atoms with Crippen LogP contribution in [0.5, 0.6) is 5.75 Å². The third-order valence-electron chi connectivity index (χ3n) is 3.42. The zero-order chi connectivity index (χ0) is 16.9. The highest BCUT2D eigenvalue weighted by atomic mass is 35.5. The van der Waals surface area contributed by atoms with Gasteiger partial charge >= 0.3 is 0 Å². The number of ether oxygens (including phenoxy) is 1. The fourth-order valence-corrected chi connectivity index (χ4v) is 2.23. The maximum atomic E-state index is 11.6. The summed E-state index contributed by atoms with van der Waals surface area (Å²) >= 11 is 5.85. The number of halogens is 1. The molecule has 2 aromatic carbocycles. The van der Waals surface area contributed by atoms with Gasteiger partial charge in [-0.3, -0.25) is 4.79 Å². The van der Waals surface area contributed by atoms with Crippen molar-refractivity contribution in [1.82, 2.24) is 10.2 Å².